The maximum Gasteiger partial charge on any atom is 0.328 e. The number of hydrogen-bond donors (Lipinski definition) is 1. The van der Waals surface area contributed by atoms with Crippen LogP contribution in [0.1, 0.15) is 78.1 Å². The summed E-state index contributed by atoms with van der Waals surface area (Å²) in [5, 5.41) is 0. The molecule has 0 aliphatic heterocycles. The van der Waals surface area contributed by atoms with Gasteiger partial charge in [-0.3, -0.25) is 9.36 Å². The molecule has 0 saturated heterocycles. The summed E-state index contributed by atoms with van der Waals surface area (Å²) in [4.78, 5) is 20.3. The van der Waals surface area contributed by atoms with E-state index in [1.165, 1.54) is 25.7 Å². The number of rotatable bonds is 15. The van der Waals surface area contributed by atoms with E-state index < -0.39 is 7.60 Å². The second kappa shape index (κ2) is 14.2. The Bertz CT molecular complexity index is 320. The Labute approximate surface area is 135 Å². The topological polar surface area (TPSA) is 72.8 Å². The molecule has 5 nitrogen and oxygen atoms in total. The molecule has 1 atom stereocenters. The van der Waals surface area contributed by atoms with Crippen LogP contribution in [0.15, 0.2) is 0 Å². The first-order valence-electron chi connectivity index (χ1n) is 8.63. The van der Waals surface area contributed by atoms with Gasteiger partial charge in [-0.05, 0) is 19.8 Å². The predicted octanol–water partition coefficient (Wildman–Crippen LogP) is 4.67. The van der Waals surface area contributed by atoms with Gasteiger partial charge in [0.1, 0.15) is 0 Å². The van der Waals surface area contributed by atoms with Gasteiger partial charge in [-0.2, -0.15) is 0 Å². The summed E-state index contributed by atoms with van der Waals surface area (Å²) in [5.41, 5.74) is 0. The van der Waals surface area contributed by atoms with Crippen molar-refractivity contribution in [2.75, 3.05) is 19.4 Å². The highest BCUT2D eigenvalue weighted by atomic mass is 31.2. The first-order valence-corrected chi connectivity index (χ1v) is 10.4. The van der Waals surface area contributed by atoms with Crippen molar-refractivity contribution in [1.82, 2.24) is 0 Å². The molecule has 0 aromatic rings. The van der Waals surface area contributed by atoms with Crippen molar-refractivity contribution < 1.29 is 23.5 Å². The SMILES string of the molecule is CCOP(=O)(O)CCCCCCCCCCCOC(=O)CC. The number of carbonyl (C=O) groups excluding carboxylic acids is 1. The molecular formula is C16H33O5P. The minimum absolute atomic E-state index is 0.114. The minimum atomic E-state index is -3.32. The molecule has 0 aliphatic carbocycles. The molecule has 0 saturated carbocycles. The normalized spacial score (nSPS) is 13.8. The van der Waals surface area contributed by atoms with E-state index in [1.807, 2.05) is 0 Å². The molecule has 22 heavy (non-hydrogen) atoms. The van der Waals surface area contributed by atoms with E-state index in [4.69, 9.17) is 9.26 Å². The summed E-state index contributed by atoms with van der Waals surface area (Å²) in [6, 6.07) is 0. The molecular weight excluding hydrogens is 303 g/mol. The first-order chi connectivity index (χ1) is 10.5. The smallest absolute Gasteiger partial charge is 0.328 e. The van der Waals surface area contributed by atoms with E-state index in [0.29, 0.717) is 19.6 Å². The molecule has 0 heterocycles. The van der Waals surface area contributed by atoms with Crippen LogP contribution in [0.25, 0.3) is 0 Å². The fraction of sp³-hybridized carbons (Fsp3) is 0.938. The van der Waals surface area contributed by atoms with Crippen molar-refractivity contribution >= 4 is 13.6 Å². The van der Waals surface area contributed by atoms with Gasteiger partial charge < -0.3 is 14.2 Å². The number of ether oxygens (including phenoxy) is 1. The Morgan fingerprint density at radius 2 is 1.41 bits per heavy atom. The van der Waals surface area contributed by atoms with Crippen molar-refractivity contribution in [3.8, 4) is 0 Å². The van der Waals surface area contributed by atoms with Crippen LogP contribution in [0.3, 0.4) is 0 Å². The summed E-state index contributed by atoms with van der Waals surface area (Å²) in [7, 11) is -3.32. The third-order valence-electron chi connectivity index (χ3n) is 3.47. The summed E-state index contributed by atoms with van der Waals surface area (Å²) >= 11 is 0. The van der Waals surface area contributed by atoms with Gasteiger partial charge in [0, 0.05) is 12.6 Å². The molecule has 6 heteroatoms. The molecule has 0 aromatic heterocycles. The predicted molar refractivity (Wildman–Crippen MR) is 89.1 cm³/mol. The fourth-order valence-corrected chi connectivity index (χ4v) is 3.36. The van der Waals surface area contributed by atoms with Gasteiger partial charge >= 0.3 is 13.6 Å². The van der Waals surface area contributed by atoms with E-state index in [2.05, 4.69) is 0 Å². The highest BCUT2D eigenvalue weighted by Crippen LogP contribution is 2.42. The average molecular weight is 336 g/mol. The molecule has 0 aromatic carbocycles. The Kier molecular flexibility index (Phi) is 14.0. The van der Waals surface area contributed by atoms with Crippen molar-refractivity contribution in [2.24, 2.45) is 0 Å². The molecule has 0 spiro atoms. The van der Waals surface area contributed by atoms with Gasteiger partial charge in [-0.15, -0.1) is 0 Å². The molecule has 0 bridgehead atoms. The first kappa shape index (κ1) is 21.6. The van der Waals surface area contributed by atoms with Crippen LogP contribution in [0.4, 0.5) is 0 Å². The van der Waals surface area contributed by atoms with E-state index >= 15 is 0 Å². The standard InChI is InChI=1S/C16H33O5P/c1-3-16(17)20-14-12-10-8-6-5-7-9-11-13-15-22(18,19)21-4-2/h3-15H2,1-2H3,(H,18,19). The fourth-order valence-electron chi connectivity index (χ4n) is 2.21. The molecule has 0 radical (unpaired) electrons. The van der Waals surface area contributed by atoms with Gasteiger partial charge in [-0.1, -0.05) is 51.9 Å². The van der Waals surface area contributed by atoms with Crippen LogP contribution in [0, 0.1) is 0 Å². The van der Waals surface area contributed by atoms with Crippen molar-refractivity contribution in [3.63, 3.8) is 0 Å². The zero-order chi connectivity index (χ0) is 16.7. The monoisotopic (exact) mass is 336 g/mol. The third kappa shape index (κ3) is 14.6. The van der Waals surface area contributed by atoms with E-state index in [0.717, 1.165) is 32.1 Å². The lowest BCUT2D eigenvalue weighted by Crippen LogP contribution is -2.03. The van der Waals surface area contributed by atoms with Crippen LogP contribution >= 0.6 is 7.60 Å². The third-order valence-corrected chi connectivity index (χ3v) is 5.01. The van der Waals surface area contributed by atoms with Gasteiger partial charge in [-0.25, -0.2) is 0 Å². The molecule has 0 aliphatic rings. The highest BCUT2D eigenvalue weighted by Gasteiger charge is 2.16. The Hall–Kier alpha value is -0.380. The molecule has 132 valence electrons. The van der Waals surface area contributed by atoms with Crippen LogP contribution in [-0.4, -0.2) is 30.2 Å². The molecule has 0 fully saturated rings. The lowest BCUT2D eigenvalue weighted by molar-refractivity contribution is -0.143. The minimum Gasteiger partial charge on any atom is -0.466 e. The largest absolute Gasteiger partial charge is 0.466 e. The number of unbranched alkanes of at least 4 members (excludes halogenated alkanes) is 8. The number of esters is 1. The van der Waals surface area contributed by atoms with Gasteiger partial charge in [0.25, 0.3) is 0 Å². The summed E-state index contributed by atoms with van der Waals surface area (Å²) in [5.74, 6) is -0.114. The van der Waals surface area contributed by atoms with E-state index in [9.17, 15) is 14.3 Å². The summed E-state index contributed by atoms with van der Waals surface area (Å²) in [6.07, 6.45) is 10.4. The van der Waals surface area contributed by atoms with Crippen LogP contribution < -0.4 is 0 Å². The van der Waals surface area contributed by atoms with Gasteiger partial charge in [0.05, 0.1) is 13.2 Å². The second-order valence-electron chi connectivity index (χ2n) is 5.53. The van der Waals surface area contributed by atoms with Crippen LogP contribution in [-0.2, 0) is 18.6 Å². The lowest BCUT2D eigenvalue weighted by atomic mass is 10.1. The Balaban J connectivity index is 3.21. The van der Waals surface area contributed by atoms with Gasteiger partial charge in [0.2, 0.25) is 0 Å². The van der Waals surface area contributed by atoms with E-state index in [-0.39, 0.29) is 12.1 Å². The summed E-state index contributed by atoms with van der Waals surface area (Å²) in [6.45, 7) is 4.38. The zero-order valence-corrected chi connectivity index (χ0v) is 15.1. The zero-order valence-electron chi connectivity index (χ0n) is 14.2. The Morgan fingerprint density at radius 1 is 0.909 bits per heavy atom. The highest BCUT2D eigenvalue weighted by molar-refractivity contribution is 7.52. The van der Waals surface area contributed by atoms with Crippen molar-refractivity contribution in [3.05, 3.63) is 0 Å². The molecule has 1 unspecified atom stereocenters. The van der Waals surface area contributed by atoms with Crippen molar-refractivity contribution in [1.29, 1.82) is 0 Å². The maximum atomic E-state index is 11.4. The average Bonchev–Trinajstić information content (AvgIpc) is 2.47. The molecule has 0 amide bonds. The van der Waals surface area contributed by atoms with Crippen molar-refractivity contribution in [2.45, 2.75) is 78.1 Å². The molecule has 0 rings (SSSR count). The lowest BCUT2D eigenvalue weighted by Gasteiger charge is -2.10. The quantitative estimate of drug-likeness (QED) is 0.267. The maximum absolute atomic E-state index is 11.4. The molecule has 1 N–H and O–H groups in total. The number of hydrogen-bond acceptors (Lipinski definition) is 4. The van der Waals surface area contributed by atoms with Gasteiger partial charge in [0.15, 0.2) is 0 Å². The van der Waals surface area contributed by atoms with Crippen LogP contribution in [0.5, 0.6) is 0 Å². The van der Waals surface area contributed by atoms with E-state index in [1.54, 1.807) is 13.8 Å². The number of carbonyl (C=O) groups is 1. The Morgan fingerprint density at radius 3 is 1.91 bits per heavy atom. The van der Waals surface area contributed by atoms with Crippen LogP contribution in [0.2, 0.25) is 0 Å². The summed E-state index contributed by atoms with van der Waals surface area (Å²) < 4.78 is 21.3. The second-order valence-corrected chi connectivity index (χ2v) is 7.52.